The van der Waals surface area contributed by atoms with Crippen molar-refractivity contribution >= 4 is 27.8 Å². The number of ether oxygens (including phenoxy) is 1. The molecule has 0 radical (unpaired) electrons. The minimum Gasteiger partial charge on any atom is -0.444 e. The van der Waals surface area contributed by atoms with Crippen LogP contribution in [0.4, 0.5) is 4.79 Å². The van der Waals surface area contributed by atoms with Gasteiger partial charge in [-0.25, -0.2) is 4.79 Å². The van der Waals surface area contributed by atoms with Gasteiger partial charge in [0.2, 0.25) is 0 Å². The van der Waals surface area contributed by atoms with Gasteiger partial charge in [-0.2, -0.15) is 0 Å². The van der Waals surface area contributed by atoms with Gasteiger partial charge in [-0.05, 0) is 27.7 Å². The monoisotopic (exact) mass is 265 g/mol. The Hall–Kier alpha value is -0.580. The fraction of sp³-hybridized carbons (Fsp3) is 0.778. The van der Waals surface area contributed by atoms with E-state index in [0.29, 0.717) is 0 Å². The highest BCUT2D eigenvalue weighted by molar-refractivity contribution is 9.09. The van der Waals surface area contributed by atoms with Crippen molar-refractivity contribution in [2.75, 3.05) is 5.33 Å². The van der Waals surface area contributed by atoms with E-state index in [9.17, 15) is 9.59 Å². The molecule has 14 heavy (non-hydrogen) atoms. The van der Waals surface area contributed by atoms with E-state index < -0.39 is 17.7 Å². The number of halogens is 1. The molecule has 5 heteroatoms. The van der Waals surface area contributed by atoms with Crippen LogP contribution in [0.25, 0.3) is 0 Å². The maximum Gasteiger partial charge on any atom is 0.408 e. The van der Waals surface area contributed by atoms with Crippen LogP contribution in [0.3, 0.4) is 0 Å². The topological polar surface area (TPSA) is 55.4 Å². The summed E-state index contributed by atoms with van der Waals surface area (Å²) in [5.74, 6) is -0.0872. The van der Waals surface area contributed by atoms with E-state index >= 15 is 0 Å². The summed E-state index contributed by atoms with van der Waals surface area (Å²) in [6.45, 7) is 6.92. The zero-order valence-electron chi connectivity index (χ0n) is 8.89. The lowest BCUT2D eigenvalue weighted by Gasteiger charge is -2.21. The van der Waals surface area contributed by atoms with Crippen molar-refractivity contribution in [3.8, 4) is 0 Å². The lowest BCUT2D eigenvalue weighted by atomic mass is 10.2. The number of amides is 1. The van der Waals surface area contributed by atoms with Crippen LogP contribution in [0.5, 0.6) is 0 Å². The Balaban J connectivity index is 4.01. The van der Waals surface area contributed by atoms with Gasteiger partial charge < -0.3 is 10.1 Å². The first-order chi connectivity index (χ1) is 6.26. The predicted molar refractivity (Wildman–Crippen MR) is 57.6 cm³/mol. The maximum absolute atomic E-state index is 11.2. The Kier molecular flexibility index (Phi) is 5.12. The van der Waals surface area contributed by atoms with Crippen molar-refractivity contribution < 1.29 is 14.3 Å². The van der Waals surface area contributed by atoms with E-state index in [-0.39, 0.29) is 11.1 Å². The molecule has 0 saturated carbocycles. The molecule has 0 saturated heterocycles. The average molecular weight is 266 g/mol. The van der Waals surface area contributed by atoms with E-state index in [1.807, 2.05) is 0 Å². The molecule has 0 aromatic carbocycles. The molecule has 0 aromatic heterocycles. The van der Waals surface area contributed by atoms with Crippen LogP contribution in [0.2, 0.25) is 0 Å². The quantitative estimate of drug-likeness (QED) is 0.793. The number of alkyl carbamates (subject to hydrolysis) is 1. The second-order valence-corrected chi connectivity index (χ2v) is 4.53. The fourth-order valence-corrected chi connectivity index (χ4v) is 1.17. The number of rotatable bonds is 3. The highest BCUT2D eigenvalue weighted by atomic mass is 79.9. The summed E-state index contributed by atoms with van der Waals surface area (Å²) in [5.41, 5.74) is -0.540. The minimum absolute atomic E-state index is 0.0872. The summed E-state index contributed by atoms with van der Waals surface area (Å²) in [4.78, 5) is 22.3. The van der Waals surface area contributed by atoms with Gasteiger partial charge in [0.1, 0.15) is 5.60 Å². The molecule has 82 valence electrons. The van der Waals surface area contributed by atoms with Crippen molar-refractivity contribution in [2.24, 2.45) is 0 Å². The number of Topliss-reactive ketones (excluding diaryl/α,β-unsaturated/α-hetero) is 1. The van der Waals surface area contributed by atoms with Crippen molar-refractivity contribution in [2.45, 2.75) is 39.3 Å². The van der Waals surface area contributed by atoms with Crippen molar-refractivity contribution in [1.82, 2.24) is 5.32 Å². The van der Waals surface area contributed by atoms with E-state index in [1.165, 1.54) is 0 Å². The molecule has 0 bridgehead atoms. The number of ketones is 1. The SMILES string of the molecule is C[C@@H](NC(=O)OC(C)(C)C)C(=O)CBr. The molecule has 0 unspecified atom stereocenters. The third-order valence-electron chi connectivity index (χ3n) is 1.35. The van der Waals surface area contributed by atoms with Crippen molar-refractivity contribution in [1.29, 1.82) is 0 Å². The van der Waals surface area contributed by atoms with Gasteiger partial charge in [0, 0.05) is 0 Å². The first-order valence-electron chi connectivity index (χ1n) is 4.34. The molecule has 0 rings (SSSR count). The molecule has 0 spiro atoms. The van der Waals surface area contributed by atoms with E-state index in [0.717, 1.165) is 0 Å². The zero-order valence-corrected chi connectivity index (χ0v) is 10.5. The molecule has 0 aliphatic rings. The minimum atomic E-state index is -0.570. The standard InChI is InChI=1S/C9H16BrNO3/c1-6(7(12)5-10)11-8(13)14-9(2,3)4/h6H,5H2,1-4H3,(H,11,13)/t6-/m1/s1. The summed E-state index contributed by atoms with van der Waals surface area (Å²) in [6.07, 6.45) is -0.570. The van der Waals surface area contributed by atoms with Crippen LogP contribution in [-0.2, 0) is 9.53 Å². The Morgan fingerprint density at radius 2 is 1.93 bits per heavy atom. The number of nitrogens with one attached hydrogen (secondary N) is 1. The summed E-state index contributed by atoms with van der Waals surface area (Å²) in [6, 6.07) is -0.524. The first kappa shape index (κ1) is 13.4. The van der Waals surface area contributed by atoms with Gasteiger partial charge in [0.15, 0.2) is 5.78 Å². The van der Waals surface area contributed by atoms with Crippen LogP contribution in [0.15, 0.2) is 0 Å². The first-order valence-corrected chi connectivity index (χ1v) is 5.46. The highest BCUT2D eigenvalue weighted by Crippen LogP contribution is 2.06. The molecule has 1 atom stereocenters. The molecule has 0 aromatic rings. The van der Waals surface area contributed by atoms with E-state index in [1.54, 1.807) is 27.7 Å². The van der Waals surface area contributed by atoms with Gasteiger partial charge in [0.25, 0.3) is 0 Å². The predicted octanol–water partition coefficient (Wildman–Crippen LogP) is 1.86. The van der Waals surface area contributed by atoms with Crippen molar-refractivity contribution in [3.63, 3.8) is 0 Å². The Labute approximate surface area is 92.5 Å². The lowest BCUT2D eigenvalue weighted by molar-refractivity contribution is -0.118. The summed E-state index contributed by atoms with van der Waals surface area (Å²) < 4.78 is 4.99. The second-order valence-electron chi connectivity index (χ2n) is 3.97. The molecular formula is C9H16BrNO3. The number of hydrogen-bond acceptors (Lipinski definition) is 3. The largest absolute Gasteiger partial charge is 0.444 e. The average Bonchev–Trinajstić information content (AvgIpc) is 1.99. The van der Waals surface area contributed by atoms with E-state index in [2.05, 4.69) is 21.2 Å². The van der Waals surface area contributed by atoms with Crippen LogP contribution in [0, 0.1) is 0 Å². The maximum atomic E-state index is 11.2. The molecule has 0 aliphatic heterocycles. The zero-order chi connectivity index (χ0) is 11.4. The molecule has 1 amide bonds. The number of carbonyl (C=O) groups excluding carboxylic acids is 2. The van der Waals surface area contributed by atoms with Gasteiger partial charge in [-0.3, -0.25) is 4.79 Å². The van der Waals surface area contributed by atoms with E-state index in [4.69, 9.17) is 4.74 Å². The van der Waals surface area contributed by atoms with Gasteiger partial charge in [0.05, 0.1) is 11.4 Å². The summed E-state index contributed by atoms with van der Waals surface area (Å²) >= 11 is 3.03. The second kappa shape index (κ2) is 5.34. The van der Waals surface area contributed by atoms with Gasteiger partial charge in [-0.1, -0.05) is 15.9 Å². The Morgan fingerprint density at radius 1 is 1.43 bits per heavy atom. The smallest absolute Gasteiger partial charge is 0.408 e. The lowest BCUT2D eigenvalue weighted by Crippen LogP contribution is -2.42. The normalized spacial score (nSPS) is 13.2. The van der Waals surface area contributed by atoms with Crippen LogP contribution >= 0.6 is 15.9 Å². The highest BCUT2D eigenvalue weighted by Gasteiger charge is 2.19. The molecule has 4 nitrogen and oxygen atoms in total. The number of hydrogen-bond donors (Lipinski definition) is 1. The third-order valence-corrected chi connectivity index (χ3v) is 1.90. The number of alkyl halides is 1. The number of carbonyl (C=O) groups is 2. The summed E-state index contributed by atoms with van der Waals surface area (Å²) in [7, 11) is 0. The molecule has 1 N–H and O–H groups in total. The van der Waals surface area contributed by atoms with Crippen LogP contribution in [0.1, 0.15) is 27.7 Å². The molecule has 0 fully saturated rings. The van der Waals surface area contributed by atoms with Crippen LogP contribution < -0.4 is 5.32 Å². The summed E-state index contributed by atoms with van der Waals surface area (Å²) in [5, 5.41) is 2.67. The third kappa shape index (κ3) is 5.96. The van der Waals surface area contributed by atoms with Gasteiger partial charge >= 0.3 is 6.09 Å². The Morgan fingerprint density at radius 3 is 2.29 bits per heavy atom. The molecule has 0 aliphatic carbocycles. The fourth-order valence-electron chi connectivity index (χ4n) is 0.681. The van der Waals surface area contributed by atoms with Gasteiger partial charge in [-0.15, -0.1) is 0 Å². The Bertz CT molecular complexity index is 223. The van der Waals surface area contributed by atoms with Crippen LogP contribution in [-0.4, -0.2) is 28.8 Å². The van der Waals surface area contributed by atoms with Crippen molar-refractivity contribution in [3.05, 3.63) is 0 Å². The molecule has 0 heterocycles. The molecular weight excluding hydrogens is 250 g/mol.